The van der Waals surface area contributed by atoms with Crippen molar-refractivity contribution in [2.24, 2.45) is 16.7 Å². The van der Waals surface area contributed by atoms with Gasteiger partial charge in [0.05, 0.1) is 12.5 Å². The van der Waals surface area contributed by atoms with Crippen LogP contribution in [0.1, 0.15) is 39.5 Å². The van der Waals surface area contributed by atoms with E-state index in [4.69, 9.17) is 5.11 Å². The van der Waals surface area contributed by atoms with E-state index in [-0.39, 0.29) is 23.4 Å². The van der Waals surface area contributed by atoms with Gasteiger partial charge in [-0.15, -0.1) is 0 Å². The highest BCUT2D eigenvalue weighted by Crippen LogP contribution is 2.67. The Morgan fingerprint density at radius 3 is 2.50 bits per heavy atom. The minimum Gasteiger partial charge on any atom is -0.481 e. The maximum absolute atomic E-state index is 10.8. The molecule has 0 aromatic heterocycles. The predicted molar refractivity (Wildman–Crippen MR) is 51.8 cm³/mol. The van der Waals surface area contributed by atoms with Crippen molar-refractivity contribution in [3.05, 3.63) is 0 Å². The molecule has 2 N–H and O–H groups in total. The summed E-state index contributed by atoms with van der Waals surface area (Å²) >= 11 is 0. The predicted octanol–water partition coefficient (Wildman–Crippen LogP) is 1.65. The molecule has 0 amide bonds. The third-order valence-corrected chi connectivity index (χ3v) is 4.98. The van der Waals surface area contributed by atoms with E-state index in [0.717, 1.165) is 19.3 Å². The first-order valence-corrected chi connectivity index (χ1v) is 5.30. The Kier molecular flexibility index (Phi) is 1.94. The topological polar surface area (TPSA) is 57.5 Å². The average molecular weight is 198 g/mol. The van der Waals surface area contributed by atoms with Crippen molar-refractivity contribution in [3.8, 4) is 0 Å². The molecule has 3 nitrogen and oxygen atoms in total. The normalized spacial score (nSPS) is 51.1. The van der Waals surface area contributed by atoms with Gasteiger partial charge < -0.3 is 10.2 Å². The molecule has 0 aromatic rings. The molecule has 80 valence electrons. The van der Waals surface area contributed by atoms with Crippen LogP contribution in [0.3, 0.4) is 0 Å². The van der Waals surface area contributed by atoms with Gasteiger partial charge in [-0.3, -0.25) is 4.79 Å². The molecule has 3 heteroatoms. The van der Waals surface area contributed by atoms with E-state index in [1.165, 1.54) is 0 Å². The van der Waals surface area contributed by atoms with Crippen LogP contribution in [0.5, 0.6) is 0 Å². The molecule has 4 atom stereocenters. The van der Waals surface area contributed by atoms with Gasteiger partial charge in [-0.2, -0.15) is 0 Å². The van der Waals surface area contributed by atoms with E-state index >= 15 is 0 Å². The fourth-order valence-electron chi connectivity index (χ4n) is 3.66. The lowest BCUT2D eigenvalue weighted by atomic mass is 9.66. The van der Waals surface area contributed by atoms with E-state index < -0.39 is 5.97 Å². The zero-order valence-corrected chi connectivity index (χ0v) is 8.79. The molecular formula is C11H18O3. The first kappa shape index (κ1) is 9.97. The van der Waals surface area contributed by atoms with Gasteiger partial charge in [-0.1, -0.05) is 13.8 Å². The third-order valence-electron chi connectivity index (χ3n) is 4.98. The summed E-state index contributed by atoms with van der Waals surface area (Å²) in [5, 5.41) is 18.9. The van der Waals surface area contributed by atoms with Crippen molar-refractivity contribution >= 4 is 5.97 Å². The number of carboxylic acid groups (broad SMARTS) is 1. The molecule has 0 heterocycles. The van der Waals surface area contributed by atoms with Crippen molar-refractivity contribution in [3.63, 3.8) is 0 Å². The monoisotopic (exact) mass is 198 g/mol. The minimum absolute atomic E-state index is 0.171. The van der Waals surface area contributed by atoms with Gasteiger partial charge in [0.15, 0.2) is 0 Å². The van der Waals surface area contributed by atoms with Gasteiger partial charge in [0, 0.05) is 0 Å². The second-order valence-corrected chi connectivity index (χ2v) is 5.39. The van der Waals surface area contributed by atoms with Gasteiger partial charge in [0.2, 0.25) is 0 Å². The van der Waals surface area contributed by atoms with Crippen molar-refractivity contribution in [1.82, 2.24) is 0 Å². The summed E-state index contributed by atoms with van der Waals surface area (Å²) in [6, 6.07) is 0. The highest BCUT2D eigenvalue weighted by Gasteiger charge is 2.63. The van der Waals surface area contributed by atoms with Crippen molar-refractivity contribution in [1.29, 1.82) is 0 Å². The molecular weight excluding hydrogens is 180 g/mol. The van der Waals surface area contributed by atoms with Crippen LogP contribution >= 0.6 is 0 Å². The minimum atomic E-state index is -0.736. The van der Waals surface area contributed by atoms with Crippen molar-refractivity contribution < 1.29 is 15.0 Å². The number of hydrogen-bond donors (Lipinski definition) is 2. The Balaban J connectivity index is 2.31. The zero-order chi connectivity index (χ0) is 10.6. The molecule has 2 fully saturated rings. The molecule has 2 aliphatic carbocycles. The summed E-state index contributed by atoms with van der Waals surface area (Å²) in [5.74, 6) is -0.335. The van der Waals surface area contributed by atoms with Crippen LogP contribution in [0, 0.1) is 16.7 Å². The molecule has 0 unspecified atom stereocenters. The summed E-state index contributed by atoms with van der Waals surface area (Å²) in [6.07, 6.45) is 2.75. The van der Waals surface area contributed by atoms with E-state index in [1.54, 1.807) is 0 Å². The Labute approximate surface area is 84.1 Å². The van der Waals surface area contributed by atoms with Gasteiger partial charge in [0.25, 0.3) is 0 Å². The smallest absolute Gasteiger partial charge is 0.303 e. The van der Waals surface area contributed by atoms with Gasteiger partial charge in [0.1, 0.15) is 0 Å². The second kappa shape index (κ2) is 2.72. The first-order chi connectivity index (χ1) is 6.40. The van der Waals surface area contributed by atoms with Crippen LogP contribution < -0.4 is 0 Å². The number of carbonyl (C=O) groups is 1. The lowest BCUT2D eigenvalue weighted by molar-refractivity contribution is -0.142. The molecule has 2 aliphatic rings. The Morgan fingerprint density at radius 2 is 2.14 bits per heavy atom. The Morgan fingerprint density at radius 1 is 1.50 bits per heavy atom. The van der Waals surface area contributed by atoms with Gasteiger partial charge in [-0.05, 0) is 36.0 Å². The number of carboxylic acids is 1. The first-order valence-electron chi connectivity index (χ1n) is 5.30. The Bertz CT molecular complexity index is 276. The number of fused-ring (bicyclic) bond motifs is 2. The van der Waals surface area contributed by atoms with E-state index in [9.17, 15) is 9.90 Å². The number of hydrogen-bond acceptors (Lipinski definition) is 2. The highest BCUT2D eigenvalue weighted by atomic mass is 16.4. The quantitative estimate of drug-likeness (QED) is 0.709. The number of aliphatic hydroxyl groups is 1. The average Bonchev–Trinajstić information content (AvgIpc) is 2.37. The van der Waals surface area contributed by atoms with E-state index in [1.807, 2.05) is 13.8 Å². The SMILES string of the molecule is C[C@]1(CC(=O)O)[C@H]2CC[C@]1(C)[C@@H](O)C2. The number of aliphatic hydroxyl groups excluding tert-OH is 1. The van der Waals surface area contributed by atoms with Crippen molar-refractivity contribution in [2.45, 2.75) is 45.6 Å². The zero-order valence-electron chi connectivity index (χ0n) is 8.79. The van der Waals surface area contributed by atoms with Crippen LogP contribution in [0.2, 0.25) is 0 Å². The lowest BCUT2D eigenvalue weighted by Crippen LogP contribution is -2.38. The van der Waals surface area contributed by atoms with E-state index in [2.05, 4.69) is 0 Å². The molecule has 0 aliphatic heterocycles. The molecule has 0 spiro atoms. The number of rotatable bonds is 2. The van der Waals surface area contributed by atoms with Gasteiger partial charge >= 0.3 is 5.97 Å². The number of aliphatic carboxylic acids is 1. The Hall–Kier alpha value is -0.570. The maximum Gasteiger partial charge on any atom is 0.303 e. The molecule has 2 bridgehead atoms. The molecule has 0 radical (unpaired) electrons. The van der Waals surface area contributed by atoms with Crippen molar-refractivity contribution in [2.75, 3.05) is 0 Å². The molecule has 0 saturated heterocycles. The third kappa shape index (κ3) is 0.991. The van der Waals surface area contributed by atoms with Crippen LogP contribution in [-0.4, -0.2) is 22.3 Å². The fourth-order valence-corrected chi connectivity index (χ4v) is 3.66. The highest BCUT2D eigenvalue weighted by molar-refractivity contribution is 5.68. The van der Waals surface area contributed by atoms with E-state index in [0.29, 0.717) is 5.92 Å². The summed E-state index contributed by atoms with van der Waals surface area (Å²) in [5.41, 5.74) is -0.367. The van der Waals surface area contributed by atoms with Crippen LogP contribution in [0.4, 0.5) is 0 Å². The molecule has 2 rings (SSSR count). The fraction of sp³-hybridized carbons (Fsp3) is 0.909. The van der Waals surface area contributed by atoms with Crippen LogP contribution in [-0.2, 0) is 4.79 Å². The largest absolute Gasteiger partial charge is 0.481 e. The summed E-state index contributed by atoms with van der Waals surface area (Å²) in [4.78, 5) is 10.8. The molecule has 0 aromatic carbocycles. The van der Waals surface area contributed by atoms with Crippen LogP contribution in [0.15, 0.2) is 0 Å². The lowest BCUT2D eigenvalue weighted by Gasteiger charge is -2.38. The summed E-state index contributed by atoms with van der Waals surface area (Å²) < 4.78 is 0. The maximum atomic E-state index is 10.8. The molecule has 2 saturated carbocycles. The summed E-state index contributed by atoms with van der Waals surface area (Å²) in [6.45, 7) is 4.09. The van der Waals surface area contributed by atoms with Gasteiger partial charge in [-0.25, -0.2) is 0 Å². The van der Waals surface area contributed by atoms with Crippen LogP contribution in [0.25, 0.3) is 0 Å². The molecule has 14 heavy (non-hydrogen) atoms. The summed E-state index contributed by atoms with van der Waals surface area (Å²) in [7, 11) is 0. The standard InChI is InChI=1S/C11H18O3/c1-10-4-3-7(5-8(10)12)11(10,2)6-9(13)14/h7-8,12H,3-6H2,1-2H3,(H,13,14)/t7-,8-,10+,11-/m0/s1. The second-order valence-electron chi connectivity index (χ2n) is 5.39.